The van der Waals surface area contributed by atoms with Crippen LogP contribution in [-0.4, -0.2) is 5.91 Å². The Morgan fingerprint density at radius 2 is 2.08 bits per heavy atom. The highest BCUT2D eigenvalue weighted by atomic mass is 79.9. The van der Waals surface area contributed by atoms with Gasteiger partial charge in [0.05, 0.1) is 0 Å². The molecule has 0 bridgehead atoms. The number of carbonyl (C=O) groups is 1. The second-order valence-electron chi connectivity index (χ2n) is 3.19. The van der Waals surface area contributed by atoms with Gasteiger partial charge in [-0.1, -0.05) is 22.0 Å². The molecule has 1 aliphatic heterocycles. The molecule has 1 aromatic carbocycles. The van der Waals surface area contributed by atoms with Crippen LogP contribution in [0.3, 0.4) is 0 Å². The van der Waals surface area contributed by atoms with Gasteiger partial charge >= 0.3 is 0 Å². The van der Waals surface area contributed by atoms with E-state index in [4.69, 9.17) is 0 Å². The Labute approximate surface area is 85.5 Å². The topological polar surface area (TPSA) is 29.1 Å². The Bertz CT molecular complexity index is 349. The summed E-state index contributed by atoms with van der Waals surface area (Å²) in [5.74, 6) is 0.146. The number of halogens is 1. The van der Waals surface area contributed by atoms with Gasteiger partial charge in [0, 0.05) is 17.4 Å². The summed E-state index contributed by atoms with van der Waals surface area (Å²) in [6.07, 6.45) is 1.46. The molecule has 1 heterocycles. The Balaban J connectivity index is 2.35. The van der Waals surface area contributed by atoms with Gasteiger partial charge in [0.25, 0.3) is 0 Å². The predicted octanol–water partition coefficient (Wildman–Crippen LogP) is 2.01. The van der Waals surface area contributed by atoms with E-state index in [9.17, 15) is 4.79 Å². The van der Waals surface area contributed by atoms with Crippen molar-refractivity contribution in [3.05, 3.63) is 33.8 Å². The number of carbonyl (C=O) groups excluding carboxylic acids is 1. The lowest BCUT2D eigenvalue weighted by Crippen LogP contribution is -2.20. The van der Waals surface area contributed by atoms with Gasteiger partial charge in [0.2, 0.25) is 5.91 Å². The third-order valence-corrected chi connectivity index (χ3v) is 2.76. The molecule has 2 rings (SSSR count). The van der Waals surface area contributed by atoms with Gasteiger partial charge < -0.3 is 5.32 Å². The number of hydrogen-bond acceptors (Lipinski definition) is 1. The fourth-order valence-corrected chi connectivity index (χ4v) is 1.94. The maximum atomic E-state index is 11.1. The highest BCUT2D eigenvalue weighted by molar-refractivity contribution is 9.10. The van der Waals surface area contributed by atoms with E-state index in [2.05, 4.69) is 33.4 Å². The summed E-state index contributed by atoms with van der Waals surface area (Å²) in [6, 6.07) is 6.18. The molecule has 0 spiro atoms. The van der Waals surface area contributed by atoms with E-state index in [1.165, 1.54) is 11.1 Å². The van der Waals surface area contributed by atoms with E-state index >= 15 is 0 Å². The summed E-state index contributed by atoms with van der Waals surface area (Å²) in [5.41, 5.74) is 2.50. The van der Waals surface area contributed by atoms with Gasteiger partial charge in [-0.05, 0) is 29.7 Å². The minimum atomic E-state index is 0.146. The average molecular weight is 240 g/mol. The van der Waals surface area contributed by atoms with Crippen LogP contribution in [0.5, 0.6) is 0 Å². The molecule has 1 aromatic rings. The van der Waals surface area contributed by atoms with Gasteiger partial charge in [-0.3, -0.25) is 4.79 Å². The molecule has 0 aliphatic carbocycles. The number of hydrogen-bond donors (Lipinski definition) is 1. The molecule has 1 N–H and O–H groups in total. The molecule has 2 nitrogen and oxygen atoms in total. The molecule has 1 amide bonds. The maximum absolute atomic E-state index is 11.1. The highest BCUT2D eigenvalue weighted by Gasteiger charge is 2.11. The molecule has 0 saturated heterocycles. The normalized spacial score (nSPS) is 15.9. The second-order valence-corrected chi connectivity index (χ2v) is 4.11. The molecule has 68 valence electrons. The van der Waals surface area contributed by atoms with Gasteiger partial charge in [-0.2, -0.15) is 0 Å². The fourth-order valence-electron chi connectivity index (χ4n) is 1.53. The monoisotopic (exact) mass is 239 g/mol. The van der Waals surface area contributed by atoms with Crippen molar-refractivity contribution in [3.8, 4) is 0 Å². The Morgan fingerprint density at radius 1 is 1.23 bits per heavy atom. The van der Waals surface area contributed by atoms with Crippen molar-refractivity contribution < 1.29 is 4.79 Å². The van der Waals surface area contributed by atoms with Crippen molar-refractivity contribution in [1.29, 1.82) is 0 Å². The first-order valence-electron chi connectivity index (χ1n) is 4.30. The van der Waals surface area contributed by atoms with Gasteiger partial charge in [-0.15, -0.1) is 0 Å². The van der Waals surface area contributed by atoms with E-state index in [0.717, 1.165) is 10.9 Å². The summed E-state index contributed by atoms with van der Waals surface area (Å²) in [4.78, 5) is 11.1. The first-order valence-corrected chi connectivity index (χ1v) is 5.09. The minimum absolute atomic E-state index is 0.146. The van der Waals surface area contributed by atoms with E-state index in [-0.39, 0.29) is 5.91 Å². The number of fused-ring (bicyclic) bond motifs is 1. The first kappa shape index (κ1) is 8.75. The number of amides is 1. The van der Waals surface area contributed by atoms with Crippen molar-refractivity contribution in [2.45, 2.75) is 19.4 Å². The second kappa shape index (κ2) is 3.50. The number of benzene rings is 1. The molecule has 0 fully saturated rings. The van der Waals surface area contributed by atoms with Crippen molar-refractivity contribution in [2.24, 2.45) is 0 Å². The summed E-state index contributed by atoms with van der Waals surface area (Å²) >= 11 is 3.42. The summed E-state index contributed by atoms with van der Waals surface area (Å²) in [6.45, 7) is 0.660. The maximum Gasteiger partial charge on any atom is 0.220 e. The van der Waals surface area contributed by atoms with Crippen LogP contribution in [-0.2, 0) is 17.8 Å². The number of nitrogens with one attached hydrogen (secondary N) is 1. The lowest BCUT2D eigenvalue weighted by Gasteiger charge is -2.04. The molecule has 0 saturated carbocycles. The van der Waals surface area contributed by atoms with Crippen LogP contribution in [0.1, 0.15) is 17.5 Å². The fraction of sp³-hybridized carbons (Fsp3) is 0.300. The third-order valence-electron chi connectivity index (χ3n) is 2.27. The van der Waals surface area contributed by atoms with Gasteiger partial charge in [0.1, 0.15) is 0 Å². The van der Waals surface area contributed by atoms with E-state index in [1.54, 1.807) is 0 Å². The molecule has 1 aliphatic rings. The van der Waals surface area contributed by atoms with Crippen molar-refractivity contribution >= 4 is 21.8 Å². The lowest BCUT2D eigenvalue weighted by atomic mass is 10.0. The highest BCUT2D eigenvalue weighted by Crippen LogP contribution is 2.19. The molecule has 0 radical (unpaired) electrons. The largest absolute Gasteiger partial charge is 0.352 e. The van der Waals surface area contributed by atoms with Crippen molar-refractivity contribution in [1.82, 2.24) is 5.32 Å². The first-order chi connectivity index (χ1) is 6.25. The Hall–Kier alpha value is -0.830. The van der Waals surface area contributed by atoms with Crippen LogP contribution in [0.25, 0.3) is 0 Å². The minimum Gasteiger partial charge on any atom is -0.352 e. The van der Waals surface area contributed by atoms with Gasteiger partial charge in [0.15, 0.2) is 0 Å². The average Bonchev–Trinajstić information content (AvgIpc) is 2.29. The van der Waals surface area contributed by atoms with Crippen LogP contribution < -0.4 is 5.32 Å². The summed E-state index contributed by atoms with van der Waals surface area (Å²) in [7, 11) is 0. The lowest BCUT2D eigenvalue weighted by molar-refractivity contribution is -0.121. The van der Waals surface area contributed by atoms with Crippen molar-refractivity contribution in [2.75, 3.05) is 0 Å². The zero-order valence-electron chi connectivity index (χ0n) is 7.14. The van der Waals surface area contributed by atoms with Crippen molar-refractivity contribution in [3.63, 3.8) is 0 Å². The molecule has 3 heteroatoms. The van der Waals surface area contributed by atoms with E-state index in [0.29, 0.717) is 13.0 Å². The zero-order valence-corrected chi connectivity index (χ0v) is 8.73. The Kier molecular flexibility index (Phi) is 2.36. The quantitative estimate of drug-likeness (QED) is 0.738. The van der Waals surface area contributed by atoms with E-state index in [1.807, 2.05) is 6.07 Å². The predicted molar refractivity (Wildman–Crippen MR) is 54.3 cm³/mol. The summed E-state index contributed by atoms with van der Waals surface area (Å²) < 4.78 is 1.07. The molecular weight excluding hydrogens is 230 g/mol. The standard InChI is InChI=1S/C10H10BrNO/c11-9-3-1-7-2-4-10(13)12-6-8(7)5-9/h1,3,5H,2,4,6H2,(H,12,13). The Morgan fingerprint density at radius 3 is 2.92 bits per heavy atom. The molecule has 0 atom stereocenters. The zero-order chi connectivity index (χ0) is 9.26. The van der Waals surface area contributed by atoms with E-state index < -0.39 is 0 Å². The molecular formula is C10H10BrNO. The van der Waals surface area contributed by atoms with Crippen LogP contribution in [0.15, 0.2) is 22.7 Å². The van der Waals surface area contributed by atoms with Crippen LogP contribution in [0, 0.1) is 0 Å². The summed E-state index contributed by atoms with van der Waals surface area (Å²) in [5, 5.41) is 2.87. The third kappa shape index (κ3) is 1.91. The van der Waals surface area contributed by atoms with Gasteiger partial charge in [-0.25, -0.2) is 0 Å². The smallest absolute Gasteiger partial charge is 0.220 e. The molecule has 0 unspecified atom stereocenters. The van der Waals surface area contributed by atoms with Crippen LogP contribution in [0.2, 0.25) is 0 Å². The molecule has 13 heavy (non-hydrogen) atoms. The number of aryl methyl sites for hydroxylation is 1. The molecule has 0 aromatic heterocycles. The van der Waals surface area contributed by atoms with Crippen LogP contribution in [0.4, 0.5) is 0 Å². The number of rotatable bonds is 0. The van der Waals surface area contributed by atoms with Crippen LogP contribution >= 0.6 is 15.9 Å². The SMILES string of the molecule is O=C1CCc2ccc(Br)cc2CN1.